The molecule has 0 unspecified atom stereocenters. The number of rotatable bonds is 7. The van der Waals surface area contributed by atoms with Crippen LogP contribution in [0.2, 0.25) is 5.02 Å². The van der Waals surface area contributed by atoms with E-state index in [9.17, 15) is 14.0 Å². The molecule has 2 rings (SSSR count). The van der Waals surface area contributed by atoms with Crippen LogP contribution in [0.5, 0.6) is 0 Å². The van der Waals surface area contributed by atoms with Gasteiger partial charge < -0.3 is 14.7 Å². The first-order valence-corrected chi connectivity index (χ1v) is 8.24. The van der Waals surface area contributed by atoms with Crippen LogP contribution < -0.4 is 0 Å². The third kappa shape index (κ3) is 4.68. The zero-order chi connectivity index (χ0) is 17.7. The number of carbonyl (C=O) groups excluding carboxylic acids is 1. The van der Waals surface area contributed by atoms with Gasteiger partial charge in [0.15, 0.2) is 0 Å². The maximum absolute atomic E-state index is 13.2. The first-order chi connectivity index (χ1) is 11.4. The van der Waals surface area contributed by atoms with Crippen LogP contribution in [0.25, 0.3) is 0 Å². The lowest BCUT2D eigenvalue weighted by molar-refractivity contribution is -0.141. The lowest BCUT2D eigenvalue weighted by Crippen LogP contribution is -2.37. The number of amides is 1. The molecule has 0 saturated heterocycles. The molecule has 1 aliphatic carbocycles. The average Bonchev–Trinajstić information content (AvgIpc) is 3.03. The first-order valence-electron chi connectivity index (χ1n) is 7.86. The van der Waals surface area contributed by atoms with Crippen molar-refractivity contribution in [3.05, 3.63) is 34.6 Å². The number of carbonyl (C=O) groups is 2. The molecular formula is C17H21ClFNO4. The number of hydrogen-bond acceptors (Lipinski definition) is 3. The van der Waals surface area contributed by atoms with Crippen molar-refractivity contribution in [1.29, 1.82) is 0 Å². The van der Waals surface area contributed by atoms with Crippen molar-refractivity contribution in [3.63, 3.8) is 0 Å². The summed E-state index contributed by atoms with van der Waals surface area (Å²) in [5.74, 6) is -2.15. The zero-order valence-electron chi connectivity index (χ0n) is 13.5. The van der Waals surface area contributed by atoms with E-state index >= 15 is 0 Å². The van der Waals surface area contributed by atoms with Crippen LogP contribution in [0.3, 0.4) is 0 Å². The van der Waals surface area contributed by atoms with Crippen LogP contribution in [-0.2, 0) is 20.9 Å². The molecule has 1 aromatic carbocycles. The smallest absolute Gasteiger partial charge is 0.306 e. The molecule has 0 bridgehead atoms. The number of nitrogens with zero attached hydrogens (tertiary/aromatic N) is 1. The zero-order valence-corrected chi connectivity index (χ0v) is 14.3. The van der Waals surface area contributed by atoms with Crippen LogP contribution in [0.15, 0.2) is 18.2 Å². The van der Waals surface area contributed by atoms with Crippen LogP contribution in [-0.4, -0.2) is 42.1 Å². The number of methoxy groups -OCH3 is 1. The summed E-state index contributed by atoms with van der Waals surface area (Å²) in [6.45, 7) is 0.979. The fourth-order valence-electron chi connectivity index (χ4n) is 3.01. The van der Waals surface area contributed by atoms with Crippen LogP contribution in [0, 0.1) is 17.7 Å². The monoisotopic (exact) mass is 357 g/mol. The minimum Gasteiger partial charge on any atom is -0.481 e. The molecule has 0 aliphatic heterocycles. The summed E-state index contributed by atoms with van der Waals surface area (Å²) < 4.78 is 18.2. The van der Waals surface area contributed by atoms with Crippen LogP contribution in [0.1, 0.15) is 24.8 Å². The molecule has 0 spiro atoms. The molecule has 1 aromatic rings. The Labute approximate surface area is 145 Å². The Balaban J connectivity index is 2.09. The second-order valence-corrected chi connectivity index (χ2v) is 6.44. The van der Waals surface area contributed by atoms with Gasteiger partial charge in [-0.05, 0) is 37.0 Å². The van der Waals surface area contributed by atoms with E-state index < -0.39 is 17.7 Å². The highest BCUT2D eigenvalue weighted by Gasteiger charge is 2.35. The molecule has 1 N–H and O–H groups in total. The maximum atomic E-state index is 13.2. The Morgan fingerprint density at radius 2 is 2.08 bits per heavy atom. The lowest BCUT2D eigenvalue weighted by atomic mass is 10.0. The Morgan fingerprint density at radius 3 is 2.67 bits per heavy atom. The van der Waals surface area contributed by atoms with E-state index in [0.29, 0.717) is 38.0 Å². The average molecular weight is 358 g/mol. The van der Waals surface area contributed by atoms with Gasteiger partial charge in [-0.3, -0.25) is 9.59 Å². The number of carboxylic acid groups (broad SMARTS) is 1. The van der Waals surface area contributed by atoms with Gasteiger partial charge in [-0.1, -0.05) is 17.7 Å². The summed E-state index contributed by atoms with van der Waals surface area (Å²) in [5.41, 5.74) is 0.648. The van der Waals surface area contributed by atoms with Crippen molar-refractivity contribution >= 4 is 23.5 Å². The van der Waals surface area contributed by atoms with Gasteiger partial charge in [0.05, 0.1) is 12.5 Å². The first kappa shape index (κ1) is 18.7. The predicted octanol–water partition coefficient (Wildman–Crippen LogP) is 2.96. The summed E-state index contributed by atoms with van der Waals surface area (Å²) >= 11 is 6.05. The molecule has 1 amide bonds. The lowest BCUT2D eigenvalue weighted by Gasteiger charge is -2.26. The molecule has 1 fully saturated rings. The molecule has 5 nitrogen and oxygen atoms in total. The quantitative estimate of drug-likeness (QED) is 0.814. The van der Waals surface area contributed by atoms with Crippen molar-refractivity contribution in [1.82, 2.24) is 4.90 Å². The van der Waals surface area contributed by atoms with E-state index in [0.717, 1.165) is 0 Å². The topological polar surface area (TPSA) is 66.8 Å². The number of aliphatic carboxylic acids is 1. The highest BCUT2D eigenvalue weighted by atomic mass is 35.5. The van der Waals surface area contributed by atoms with Crippen molar-refractivity contribution in [2.75, 3.05) is 20.3 Å². The van der Waals surface area contributed by atoms with Gasteiger partial charge in [0.2, 0.25) is 5.91 Å². The molecule has 24 heavy (non-hydrogen) atoms. The highest BCUT2D eigenvalue weighted by molar-refractivity contribution is 6.31. The highest BCUT2D eigenvalue weighted by Crippen LogP contribution is 2.33. The molecule has 0 radical (unpaired) electrons. The Hall–Kier alpha value is -1.66. The molecule has 132 valence electrons. The Kier molecular flexibility index (Phi) is 6.57. The fourth-order valence-corrected chi connectivity index (χ4v) is 3.24. The second kappa shape index (κ2) is 8.44. The van der Waals surface area contributed by atoms with Crippen molar-refractivity contribution in [2.45, 2.75) is 25.8 Å². The second-order valence-electron chi connectivity index (χ2n) is 6.03. The number of benzene rings is 1. The molecule has 0 aromatic heterocycles. The predicted molar refractivity (Wildman–Crippen MR) is 87.2 cm³/mol. The summed E-state index contributed by atoms with van der Waals surface area (Å²) in [4.78, 5) is 25.5. The van der Waals surface area contributed by atoms with Crippen LogP contribution in [0.4, 0.5) is 4.39 Å². The number of halogens is 2. The van der Waals surface area contributed by atoms with Gasteiger partial charge in [0.1, 0.15) is 5.82 Å². The van der Waals surface area contributed by atoms with Gasteiger partial charge in [-0.15, -0.1) is 0 Å². The van der Waals surface area contributed by atoms with Gasteiger partial charge in [-0.25, -0.2) is 4.39 Å². The molecule has 7 heteroatoms. The third-order valence-electron chi connectivity index (χ3n) is 4.38. The van der Waals surface area contributed by atoms with Crippen molar-refractivity contribution in [3.8, 4) is 0 Å². The summed E-state index contributed by atoms with van der Waals surface area (Å²) in [6.07, 6.45) is 1.44. The molecule has 1 aliphatic rings. The van der Waals surface area contributed by atoms with E-state index in [4.69, 9.17) is 21.4 Å². The molecule has 2 atom stereocenters. The number of hydrogen-bond donors (Lipinski definition) is 1. The van der Waals surface area contributed by atoms with Gasteiger partial charge in [-0.2, -0.15) is 0 Å². The third-order valence-corrected chi connectivity index (χ3v) is 4.74. The normalized spacial score (nSPS) is 20.1. The summed E-state index contributed by atoms with van der Waals surface area (Å²) in [6, 6.07) is 4.07. The molecule has 1 saturated carbocycles. The maximum Gasteiger partial charge on any atom is 0.306 e. The summed E-state index contributed by atoms with van der Waals surface area (Å²) in [7, 11) is 1.55. The largest absolute Gasteiger partial charge is 0.481 e. The van der Waals surface area contributed by atoms with Crippen LogP contribution >= 0.6 is 11.6 Å². The van der Waals surface area contributed by atoms with E-state index in [1.165, 1.54) is 12.1 Å². The van der Waals surface area contributed by atoms with Crippen molar-refractivity contribution in [2.24, 2.45) is 11.8 Å². The standard InChI is InChI=1S/C17H21ClFNO4/c1-24-7-6-20(10-13-4-5-14(19)9-15(13)18)16(21)11-2-3-12(8-11)17(22)23/h4-5,9,11-12H,2-3,6-8,10H2,1H3,(H,22,23)/t11-,12+/m1/s1. The van der Waals surface area contributed by atoms with E-state index in [2.05, 4.69) is 0 Å². The van der Waals surface area contributed by atoms with Gasteiger partial charge >= 0.3 is 5.97 Å². The summed E-state index contributed by atoms with van der Waals surface area (Å²) in [5, 5.41) is 9.36. The SMILES string of the molecule is COCCN(Cc1ccc(F)cc1Cl)C(=O)[C@@H]1CC[C@H](C(=O)O)C1. The molecule has 0 heterocycles. The molecular weight excluding hydrogens is 337 g/mol. The number of carboxylic acids is 1. The van der Waals surface area contributed by atoms with Crippen molar-refractivity contribution < 1.29 is 23.8 Å². The minimum atomic E-state index is -0.852. The minimum absolute atomic E-state index is 0.101. The number of ether oxygens (including phenoxy) is 1. The van der Waals surface area contributed by atoms with Gasteiger partial charge in [0.25, 0.3) is 0 Å². The Bertz CT molecular complexity index is 610. The fraction of sp³-hybridized carbons (Fsp3) is 0.529. The Morgan fingerprint density at radius 1 is 1.38 bits per heavy atom. The van der Waals surface area contributed by atoms with E-state index in [1.807, 2.05) is 0 Å². The van der Waals surface area contributed by atoms with E-state index in [-0.39, 0.29) is 23.4 Å². The van der Waals surface area contributed by atoms with Gasteiger partial charge in [0, 0.05) is 31.1 Å². The van der Waals surface area contributed by atoms with E-state index in [1.54, 1.807) is 18.1 Å².